The Balaban J connectivity index is 1.96. The molecule has 0 saturated carbocycles. The van der Waals surface area contributed by atoms with Gasteiger partial charge in [0, 0.05) is 21.5 Å². The van der Waals surface area contributed by atoms with Crippen LogP contribution < -0.4 is 14.8 Å². The number of benzene rings is 2. The van der Waals surface area contributed by atoms with Crippen molar-refractivity contribution in [2.45, 2.75) is 0 Å². The molecular weight excluding hydrogens is 414 g/mol. The van der Waals surface area contributed by atoms with Gasteiger partial charge < -0.3 is 19.5 Å². The highest BCUT2D eigenvalue weighted by Gasteiger charge is 2.23. The number of esters is 1. The van der Waals surface area contributed by atoms with Crippen LogP contribution in [0.15, 0.2) is 47.8 Å². The van der Waals surface area contributed by atoms with Crippen LogP contribution in [0.5, 0.6) is 11.5 Å². The molecule has 2 aromatic carbocycles. The van der Waals surface area contributed by atoms with Crippen LogP contribution in [-0.4, -0.2) is 33.2 Å². The van der Waals surface area contributed by atoms with Gasteiger partial charge in [-0.15, -0.1) is 11.3 Å². The number of thiophene rings is 1. The number of hydrogen-bond acceptors (Lipinski definition) is 6. The van der Waals surface area contributed by atoms with Crippen molar-refractivity contribution in [1.82, 2.24) is 0 Å². The van der Waals surface area contributed by atoms with Crippen molar-refractivity contribution >= 4 is 39.8 Å². The number of ether oxygens (including phenoxy) is 3. The summed E-state index contributed by atoms with van der Waals surface area (Å²) in [6.45, 7) is 0. The van der Waals surface area contributed by atoms with Gasteiger partial charge >= 0.3 is 5.97 Å². The lowest BCUT2D eigenvalue weighted by atomic mass is 10.0. The fourth-order valence-electron chi connectivity index (χ4n) is 2.75. The lowest BCUT2D eigenvalue weighted by Crippen LogP contribution is -2.14. The van der Waals surface area contributed by atoms with Crippen LogP contribution in [0.4, 0.5) is 5.00 Å². The SMILES string of the molecule is COC(=O)c1c(-c2ccc(Cl)cc2)csc1NC(=O)c1ccc(OC)c(OC)c1. The number of halogens is 1. The van der Waals surface area contributed by atoms with E-state index < -0.39 is 5.97 Å². The maximum atomic E-state index is 12.8. The highest BCUT2D eigenvalue weighted by molar-refractivity contribution is 7.15. The molecule has 3 rings (SSSR count). The van der Waals surface area contributed by atoms with Gasteiger partial charge in [-0.3, -0.25) is 4.79 Å². The molecule has 6 nitrogen and oxygen atoms in total. The first-order chi connectivity index (χ1) is 14.0. The van der Waals surface area contributed by atoms with E-state index in [0.29, 0.717) is 32.6 Å². The summed E-state index contributed by atoms with van der Waals surface area (Å²) in [7, 11) is 4.31. The second kappa shape index (κ2) is 8.98. The summed E-state index contributed by atoms with van der Waals surface area (Å²) in [6, 6.07) is 11.9. The van der Waals surface area contributed by atoms with Gasteiger partial charge in [-0.25, -0.2) is 4.79 Å². The molecule has 0 saturated heterocycles. The normalized spacial score (nSPS) is 10.3. The minimum absolute atomic E-state index is 0.286. The monoisotopic (exact) mass is 431 g/mol. The average Bonchev–Trinajstić information content (AvgIpc) is 3.16. The maximum Gasteiger partial charge on any atom is 0.341 e. The van der Waals surface area contributed by atoms with Gasteiger partial charge in [-0.2, -0.15) is 0 Å². The standard InChI is InChI=1S/C21H18ClNO5S/c1-26-16-9-6-13(10-17(16)27-2)19(24)23-20-18(21(25)28-3)15(11-29-20)12-4-7-14(22)8-5-12/h4-11H,1-3H3,(H,23,24). The second-order valence-corrected chi connectivity index (χ2v) is 7.19. The highest BCUT2D eigenvalue weighted by Crippen LogP contribution is 2.37. The minimum atomic E-state index is -0.543. The number of anilines is 1. The first kappa shape index (κ1) is 20.7. The first-order valence-electron chi connectivity index (χ1n) is 8.47. The zero-order chi connectivity index (χ0) is 21.0. The van der Waals surface area contributed by atoms with E-state index in [2.05, 4.69) is 5.32 Å². The molecule has 0 aliphatic rings. The average molecular weight is 432 g/mol. The predicted octanol–water partition coefficient (Wildman–Crippen LogP) is 5.12. The Bertz CT molecular complexity index is 1050. The Labute approximate surface area is 177 Å². The Hall–Kier alpha value is -3.03. The van der Waals surface area contributed by atoms with Crippen LogP contribution in [0.1, 0.15) is 20.7 Å². The topological polar surface area (TPSA) is 73.9 Å². The third-order valence-corrected chi connectivity index (χ3v) is 5.36. The van der Waals surface area contributed by atoms with Crippen molar-refractivity contribution in [3.8, 4) is 22.6 Å². The van der Waals surface area contributed by atoms with E-state index in [9.17, 15) is 9.59 Å². The van der Waals surface area contributed by atoms with Crippen LogP contribution in [0.25, 0.3) is 11.1 Å². The molecule has 8 heteroatoms. The summed E-state index contributed by atoms with van der Waals surface area (Å²) >= 11 is 7.19. The van der Waals surface area contributed by atoms with Gasteiger partial charge in [0.2, 0.25) is 0 Å². The molecule has 0 fully saturated rings. The van der Waals surface area contributed by atoms with Crippen molar-refractivity contribution in [3.05, 3.63) is 64.0 Å². The smallest absolute Gasteiger partial charge is 0.341 e. The number of rotatable bonds is 6. The van der Waals surface area contributed by atoms with Gasteiger partial charge in [0.1, 0.15) is 10.6 Å². The van der Waals surface area contributed by atoms with Crippen LogP contribution in [0, 0.1) is 0 Å². The van der Waals surface area contributed by atoms with Crippen LogP contribution in [-0.2, 0) is 4.74 Å². The van der Waals surface area contributed by atoms with Crippen molar-refractivity contribution in [2.24, 2.45) is 0 Å². The van der Waals surface area contributed by atoms with E-state index in [0.717, 1.165) is 5.56 Å². The summed E-state index contributed by atoms with van der Waals surface area (Å²) in [5.41, 5.74) is 2.09. The molecule has 0 unspecified atom stereocenters. The van der Waals surface area contributed by atoms with Crippen molar-refractivity contribution < 1.29 is 23.8 Å². The number of carbonyl (C=O) groups is 2. The summed E-state index contributed by atoms with van der Waals surface area (Å²) in [5, 5.41) is 5.56. The molecule has 0 bridgehead atoms. The molecule has 3 aromatic rings. The molecule has 1 amide bonds. The third-order valence-electron chi connectivity index (χ3n) is 4.21. The molecule has 0 radical (unpaired) electrons. The summed E-state index contributed by atoms with van der Waals surface area (Å²) in [4.78, 5) is 25.2. The summed E-state index contributed by atoms with van der Waals surface area (Å²) in [5.74, 6) is 0.0150. The van der Waals surface area contributed by atoms with Gasteiger partial charge in [-0.05, 0) is 35.9 Å². The van der Waals surface area contributed by atoms with Crippen molar-refractivity contribution in [2.75, 3.05) is 26.6 Å². The zero-order valence-corrected chi connectivity index (χ0v) is 17.5. The Morgan fingerprint density at radius 3 is 2.28 bits per heavy atom. The molecule has 0 spiro atoms. The largest absolute Gasteiger partial charge is 0.493 e. The quantitative estimate of drug-likeness (QED) is 0.548. The maximum absolute atomic E-state index is 12.8. The van der Waals surface area contributed by atoms with E-state index in [1.54, 1.807) is 47.8 Å². The zero-order valence-electron chi connectivity index (χ0n) is 15.9. The molecule has 150 valence electrons. The summed E-state index contributed by atoms with van der Waals surface area (Å²) < 4.78 is 15.4. The van der Waals surface area contributed by atoms with Crippen molar-refractivity contribution in [1.29, 1.82) is 0 Å². The Morgan fingerprint density at radius 1 is 0.966 bits per heavy atom. The number of carbonyl (C=O) groups excluding carboxylic acids is 2. The lowest BCUT2D eigenvalue weighted by molar-refractivity contribution is 0.0603. The molecular formula is C21H18ClNO5S. The molecule has 1 heterocycles. The molecule has 1 aromatic heterocycles. The van der Waals surface area contributed by atoms with Crippen molar-refractivity contribution in [3.63, 3.8) is 0 Å². The second-order valence-electron chi connectivity index (χ2n) is 5.88. The van der Waals surface area contributed by atoms with Crippen LogP contribution >= 0.6 is 22.9 Å². The first-order valence-corrected chi connectivity index (χ1v) is 9.73. The lowest BCUT2D eigenvalue weighted by Gasteiger charge is -2.10. The molecule has 0 aliphatic heterocycles. The fraction of sp³-hybridized carbons (Fsp3) is 0.143. The molecule has 0 aliphatic carbocycles. The van der Waals surface area contributed by atoms with E-state index in [4.69, 9.17) is 25.8 Å². The van der Waals surface area contributed by atoms with E-state index in [1.807, 2.05) is 0 Å². The molecule has 1 N–H and O–H groups in total. The van der Waals surface area contributed by atoms with Gasteiger partial charge in [-0.1, -0.05) is 23.7 Å². The number of nitrogens with one attached hydrogen (secondary N) is 1. The Kier molecular flexibility index (Phi) is 6.41. The number of amides is 1. The van der Waals surface area contributed by atoms with E-state index in [-0.39, 0.29) is 11.5 Å². The molecule has 29 heavy (non-hydrogen) atoms. The third kappa shape index (κ3) is 4.36. The number of methoxy groups -OCH3 is 3. The van der Waals surface area contributed by atoms with Gasteiger partial charge in [0.15, 0.2) is 11.5 Å². The van der Waals surface area contributed by atoms with Gasteiger partial charge in [0.25, 0.3) is 5.91 Å². The molecule has 0 atom stereocenters. The predicted molar refractivity (Wildman–Crippen MR) is 114 cm³/mol. The number of hydrogen-bond donors (Lipinski definition) is 1. The van der Waals surface area contributed by atoms with Crippen LogP contribution in [0.3, 0.4) is 0 Å². The highest BCUT2D eigenvalue weighted by atomic mass is 35.5. The van der Waals surface area contributed by atoms with E-state index in [1.165, 1.54) is 32.7 Å². The van der Waals surface area contributed by atoms with E-state index >= 15 is 0 Å². The minimum Gasteiger partial charge on any atom is -0.493 e. The van der Waals surface area contributed by atoms with Gasteiger partial charge in [0.05, 0.1) is 21.3 Å². The fourth-order valence-corrected chi connectivity index (χ4v) is 3.83. The Morgan fingerprint density at radius 2 is 1.66 bits per heavy atom. The summed E-state index contributed by atoms with van der Waals surface area (Å²) in [6.07, 6.45) is 0. The van der Waals surface area contributed by atoms with Crippen LogP contribution in [0.2, 0.25) is 5.02 Å².